The lowest BCUT2D eigenvalue weighted by Crippen LogP contribution is -2.43. The molecule has 0 saturated heterocycles. The summed E-state index contributed by atoms with van der Waals surface area (Å²) in [4.78, 5) is 52.4. The maximum Gasteiger partial charge on any atom is 0.410 e. The maximum atomic E-state index is 12.8. The molecule has 0 atom stereocenters. The van der Waals surface area contributed by atoms with Crippen LogP contribution in [-0.2, 0) is 9.47 Å². The quantitative estimate of drug-likeness (QED) is 0.211. The minimum absolute atomic E-state index is 0.231. The molecule has 228 valence electrons. The standard InChI is InChI=1S/C27H54N6O6/c1-9-14-28-22(34)30-16-11-18-32(24(36)38-26(3,4)5)20-13-21-33(25(37)39-27(6,7)8)19-12-17-31-23(35)29-15-10-2/h9-21H2,1-8H3,(H2,28,30,34)(H2,29,31,35). The Bertz CT molecular complexity index is 675. The fourth-order valence-electron chi connectivity index (χ4n) is 3.24. The number of amides is 6. The molecule has 6 amide bonds. The van der Waals surface area contributed by atoms with Gasteiger partial charge < -0.3 is 40.5 Å². The summed E-state index contributed by atoms with van der Waals surface area (Å²) < 4.78 is 11.1. The van der Waals surface area contributed by atoms with Crippen molar-refractivity contribution in [2.24, 2.45) is 0 Å². The molecule has 0 saturated carbocycles. The monoisotopic (exact) mass is 558 g/mol. The molecule has 0 aromatic heterocycles. The lowest BCUT2D eigenvalue weighted by molar-refractivity contribution is 0.0203. The molecule has 4 N–H and O–H groups in total. The summed E-state index contributed by atoms with van der Waals surface area (Å²) in [5, 5.41) is 11.1. The molecule has 12 nitrogen and oxygen atoms in total. The van der Waals surface area contributed by atoms with Crippen LogP contribution >= 0.6 is 0 Å². The van der Waals surface area contributed by atoms with Crippen molar-refractivity contribution in [2.45, 2.75) is 98.7 Å². The van der Waals surface area contributed by atoms with E-state index < -0.39 is 23.4 Å². The van der Waals surface area contributed by atoms with Crippen molar-refractivity contribution in [3.05, 3.63) is 0 Å². The lowest BCUT2D eigenvalue weighted by Gasteiger charge is -2.30. The Hall–Kier alpha value is -2.92. The van der Waals surface area contributed by atoms with E-state index in [9.17, 15) is 19.2 Å². The van der Waals surface area contributed by atoms with Gasteiger partial charge in [-0.25, -0.2) is 19.2 Å². The highest BCUT2D eigenvalue weighted by atomic mass is 16.6. The van der Waals surface area contributed by atoms with E-state index in [-0.39, 0.29) is 12.1 Å². The van der Waals surface area contributed by atoms with Gasteiger partial charge in [0.2, 0.25) is 0 Å². The first-order valence-electron chi connectivity index (χ1n) is 14.2. The van der Waals surface area contributed by atoms with Crippen LogP contribution in [0.4, 0.5) is 19.2 Å². The van der Waals surface area contributed by atoms with E-state index in [1.165, 1.54) is 0 Å². The smallest absolute Gasteiger partial charge is 0.410 e. The van der Waals surface area contributed by atoms with Gasteiger partial charge in [-0.15, -0.1) is 0 Å². The molecule has 39 heavy (non-hydrogen) atoms. The van der Waals surface area contributed by atoms with Gasteiger partial charge in [0.1, 0.15) is 11.2 Å². The molecule has 0 spiro atoms. The van der Waals surface area contributed by atoms with Gasteiger partial charge in [-0.1, -0.05) is 13.8 Å². The molecule has 0 unspecified atom stereocenters. The highest BCUT2D eigenvalue weighted by molar-refractivity contribution is 5.74. The summed E-state index contributed by atoms with van der Waals surface area (Å²) in [7, 11) is 0. The molecule has 0 aromatic rings. The number of urea groups is 2. The topological polar surface area (TPSA) is 141 Å². The van der Waals surface area contributed by atoms with Gasteiger partial charge in [-0.2, -0.15) is 0 Å². The van der Waals surface area contributed by atoms with E-state index in [4.69, 9.17) is 9.47 Å². The third-order valence-electron chi connectivity index (χ3n) is 5.01. The molecule has 12 heteroatoms. The van der Waals surface area contributed by atoms with Gasteiger partial charge >= 0.3 is 24.2 Å². The van der Waals surface area contributed by atoms with Crippen LogP contribution in [0.25, 0.3) is 0 Å². The summed E-state index contributed by atoms with van der Waals surface area (Å²) in [6.45, 7) is 18.4. The summed E-state index contributed by atoms with van der Waals surface area (Å²) in [5.74, 6) is 0. The third-order valence-corrected chi connectivity index (χ3v) is 5.01. The molecule has 0 fully saturated rings. The van der Waals surface area contributed by atoms with Crippen LogP contribution in [0.15, 0.2) is 0 Å². The van der Waals surface area contributed by atoms with Crippen LogP contribution in [0.1, 0.15) is 87.5 Å². The summed E-state index contributed by atoms with van der Waals surface area (Å²) in [6.07, 6.45) is 2.44. The van der Waals surface area contributed by atoms with Crippen molar-refractivity contribution in [2.75, 3.05) is 52.4 Å². The molecule has 0 heterocycles. The van der Waals surface area contributed by atoms with Crippen LogP contribution < -0.4 is 21.3 Å². The Morgan fingerprint density at radius 1 is 0.538 bits per heavy atom. The van der Waals surface area contributed by atoms with E-state index in [0.717, 1.165) is 12.8 Å². The molecular weight excluding hydrogens is 504 g/mol. The predicted molar refractivity (Wildman–Crippen MR) is 153 cm³/mol. The molecule has 0 aromatic carbocycles. The number of hydrogen-bond donors (Lipinski definition) is 4. The van der Waals surface area contributed by atoms with Crippen molar-refractivity contribution >= 4 is 24.2 Å². The van der Waals surface area contributed by atoms with Crippen molar-refractivity contribution in [1.82, 2.24) is 31.1 Å². The fourth-order valence-corrected chi connectivity index (χ4v) is 3.24. The molecule has 0 bridgehead atoms. The first kappa shape index (κ1) is 36.1. The Labute approximate surface area is 235 Å². The molecule has 0 aliphatic carbocycles. The Balaban J connectivity index is 5.02. The second-order valence-corrected chi connectivity index (χ2v) is 11.4. The summed E-state index contributed by atoms with van der Waals surface area (Å²) in [6, 6.07) is -0.461. The minimum Gasteiger partial charge on any atom is -0.444 e. The fraction of sp³-hybridized carbons (Fsp3) is 0.852. The van der Waals surface area contributed by atoms with Crippen LogP contribution in [0.2, 0.25) is 0 Å². The molecule has 0 rings (SSSR count). The molecular formula is C27H54N6O6. The van der Waals surface area contributed by atoms with E-state index in [1.54, 1.807) is 9.80 Å². The number of ether oxygens (including phenoxy) is 2. The number of carbonyl (C=O) groups excluding carboxylic acids is 4. The zero-order chi connectivity index (χ0) is 29.9. The second-order valence-electron chi connectivity index (χ2n) is 11.4. The number of rotatable bonds is 16. The zero-order valence-electron chi connectivity index (χ0n) is 25.5. The largest absolute Gasteiger partial charge is 0.444 e. The van der Waals surface area contributed by atoms with Gasteiger partial charge in [0.25, 0.3) is 0 Å². The number of hydrogen-bond acceptors (Lipinski definition) is 6. The van der Waals surface area contributed by atoms with Crippen molar-refractivity contribution in [3.8, 4) is 0 Å². The highest BCUT2D eigenvalue weighted by Crippen LogP contribution is 2.13. The van der Waals surface area contributed by atoms with E-state index >= 15 is 0 Å². The Morgan fingerprint density at radius 2 is 0.846 bits per heavy atom. The van der Waals surface area contributed by atoms with Crippen LogP contribution in [0.3, 0.4) is 0 Å². The molecule has 0 radical (unpaired) electrons. The predicted octanol–water partition coefficient (Wildman–Crippen LogP) is 4.05. The maximum absolute atomic E-state index is 12.8. The highest BCUT2D eigenvalue weighted by Gasteiger charge is 2.24. The van der Waals surface area contributed by atoms with Gasteiger partial charge in [0, 0.05) is 52.4 Å². The summed E-state index contributed by atoms with van der Waals surface area (Å²) >= 11 is 0. The second kappa shape index (κ2) is 19.2. The van der Waals surface area contributed by atoms with E-state index in [2.05, 4.69) is 21.3 Å². The van der Waals surface area contributed by atoms with E-state index in [1.807, 2.05) is 55.4 Å². The average molecular weight is 559 g/mol. The average Bonchev–Trinajstić information content (AvgIpc) is 2.81. The minimum atomic E-state index is -0.646. The zero-order valence-corrected chi connectivity index (χ0v) is 25.5. The first-order valence-corrected chi connectivity index (χ1v) is 14.2. The van der Waals surface area contributed by atoms with Gasteiger partial charge in [0.05, 0.1) is 0 Å². The molecule has 0 aliphatic rings. The number of nitrogens with zero attached hydrogens (tertiary/aromatic N) is 2. The van der Waals surface area contributed by atoms with Gasteiger partial charge in [-0.05, 0) is 73.6 Å². The first-order chi connectivity index (χ1) is 18.2. The SMILES string of the molecule is CCCNC(=O)NCCCN(CCCN(CCCNC(=O)NCCC)C(=O)OC(C)(C)C)C(=O)OC(C)(C)C. The number of carbonyl (C=O) groups is 4. The van der Waals surface area contributed by atoms with E-state index in [0.29, 0.717) is 71.6 Å². The van der Waals surface area contributed by atoms with Crippen LogP contribution in [-0.4, -0.2) is 97.6 Å². The van der Waals surface area contributed by atoms with Gasteiger partial charge in [0.15, 0.2) is 0 Å². The Morgan fingerprint density at radius 3 is 1.15 bits per heavy atom. The normalized spacial score (nSPS) is 11.3. The van der Waals surface area contributed by atoms with Crippen LogP contribution in [0.5, 0.6) is 0 Å². The number of nitrogens with one attached hydrogen (secondary N) is 4. The summed E-state index contributed by atoms with van der Waals surface area (Å²) in [5.41, 5.74) is -1.29. The van der Waals surface area contributed by atoms with Gasteiger partial charge in [-0.3, -0.25) is 0 Å². The van der Waals surface area contributed by atoms with Crippen molar-refractivity contribution in [3.63, 3.8) is 0 Å². The lowest BCUT2D eigenvalue weighted by atomic mass is 10.2. The van der Waals surface area contributed by atoms with Crippen LogP contribution in [0, 0.1) is 0 Å². The van der Waals surface area contributed by atoms with Crippen molar-refractivity contribution in [1.29, 1.82) is 0 Å². The molecule has 0 aliphatic heterocycles. The Kier molecular flexibility index (Phi) is 17.8. The van der Waals surface area contributed by atoms with Crippen molar-refractivity contribution < 1.29 is 28.7 Å². The third kappa shape index (κ3) is 20.7.